The molecule has 0 fully saturated rings. The van der Waals surface area contributed by atoms with Crippen LogP contribution in [0.1, 0.15) is 26.2 Å². The summed E-state index contributed by atoms with van der Waals surface area (Å²) < 4.78 is 0. The molecule has 1 unspecified atom stereocenters. The number of hydrazone groups is 1. The first-order valence-corrected chi connectivity index (χ1v) is 3.88. The van der Waals surface area contributed by atoms with E-state index < -0.39 is 0 Å². The van der Waals surface area contributed by atoms with E-state index >= 15 is 0 Å². The van der Waals surface area contributed by atoms with Crippen LogP contribution < -0.4 is 5.43 Å². The summed E-state index contributed by atoms with van der Waals surface area (Å²) in [5, 5.41) is 4.18. The Morgan fingerprint density at radius 3 is 3.40 bits per heavy atom. The minimum atomic E-state index is 0.550. The molecule has 0 saturated carbocycles. The molecule has 54 valence electrons. The van der Waals surface area contributed by atoms with Crippen LogP contribution in [0.3, 0.4) is 0 Å². The molecule has 1 atom stereocenters. The Labute approximate surface area is 61.0 Å². The lowest BCUT2D eigenvalue weighted by Crippen LogP contribution is -2.23. The molecule has 0 aromatic rings. The van der Waals surface area contributed by atoms with Crippen molar-refractivity contribution >= 4 is 5.71 Å². The normalized spacial score (nSPS) is 30.3. The summed E-state index contributed by atoms with van der Waals surface area (Å²) >= 11 is 0. The standard InChI is InChI=1S/C8H12N2/c1-6-7-4-2-3-5-8(7)10-9-6/h4,8,10H,2-3,5H2,1H3. The van der Waals surface area contributed by atoms with Gasteiger partial charge in [-0.05, 0) is 31.8 Å². The molecule has 1 N–H and O–H groups in total. The molecule has 2 nitrogen and oxygen atoms in total. The number of rotatable bonds is 0. The number of nitrogens with one attached hydrogen (secondary N) is 1. The van der Waals surface area contributed by atoms with E-state index in [-0.39, 0.29) is 0 Å². The van der Waals surface area contributed by atoms with Crippen LogP contribution in [0.15, 0.2) is 16.8 Å². The molecule has 0 bridgehead atoms. The van der Waals surface area contributed by atoms with Gasteiger partial charge in [0.1, 0.15) is 0 Å². The summed E-state index contributed by atoms with van der Waals surface area (Å²) in [6.07, 6.45) is 6.12. The second kappa shape index (κ2) is 2.11. The molecule has 1 aliphatic heterocycles. The maximum absolute atomic E-state index is 4.18. The lowest BCUT2D eigenvalue weighted by Gasteiger charge is -2.16. The molecular formula is C8H12N2. The van der Waals surface area contributed by atoms with Crippen molar-refractivity contribution in [1.82, 2.24) is 5.43 Å². The van der Waals surface area contributed by atoms with Crippen molar-refractivity contribution in [2.75, 3.05) is 0 Å². The first-order valence-electron chi connectivity index (χ1n) is 3.88. The van der Waals surface area contributed by atoms with E-state index in [1.165, 1.54) is 30.5 Å². The Kier molecular flexibility index (Phi) is 1.26. The molecule has 10 heavy (non-hydrogen) atoms. The van der Waals surface area contributed by atoms with E-state index in [4.69, 9.17) is 0 Å². The molecule has 0 saturated heterocycles. The van der Waals surface area contributed by atoms with Crippen molar-refractivity contribution < 1.29 is 0 Å². The zero-order valence-electron chi connectivity index (χ0n) is 6.22. The summed E-state index contributed by atoms with van der Waals surface area (Å²) in [5.41, 5.74) is 5.75. The second-order valence-electron chi connectivity index (χ2n) is 2.97. The highest BCUT2D eigenvalue weighted by atomic mass is 15.3. The van der Waals surface area contributed by atoms with Crippen molar-refractivity contribution in [3.8, 4) is 0 Å². The first kappa shape index (κ1) is 5.96. The van der Waals surface area contributed by atoms with E-state index in [0.717, 1.165) is 0 Å². The molecular weight excluding hydrogens is 124 g/mol. The summed E-state index contributed by atoms with van der Waals surface area (Å²) in [5.74, 6) is 0. The molecule has 0 radical (unpaired) electrons. The average molecular weight is 136 g/mol. The second-order valence-corrected chi connectivity index (χ2v) is 2.97. The molecule has 1 aliphatic carbocycles. The molecule has 1 heterocycles. The molecule has 0 amide bonds. The van der Waals surface area contributed by atoms with Gasteiger partial charge < -0.3 is 5.43 Å². The Morgan fingerprint density at radius 1 is 1.70 bits per heavy atom. The van der Waals surface area contributed by atoms with Crippen LogP contribution in [-0.4, -0.2) is 11.8 Å². The van der Waals surface area contributed by atoms with E-state index in [1.54, 1.807) is 0 Å². The third-order valence-corrected chi connectivity index (χ3v) is 2.24. The summed E-state index contributed by atoms with van der Waals surface area (Å²) in [7, 11) is 0. The Balaban J connectivity index is 2.27. The van der Waals surface area contributed by atoms with E-state index in [2.05, 4.69) is 23.5 Å². The van der Waals surface area contributed by atoms with Crippen LogP contribution in [0.2, 0.25) is 0 Å². The highest BCUT2D eigenvalue weighted by Crippen LogP contribution is 2.22. The number of hydrogen-bond acceptors (Lipinski definition) is 2. The monoisotopic (exact) mass is 136 g/mol. The summed E-state index contributed by atoms with van der Waals surface area (Å²) in [4.78, 5) is 0. The van der Waals surface area contributed by atoms with Gasteiger partial charge in [-0.3, -0.25) is 0 Å². The van der Waals surface area contributed by atoms with E-state index in [0.29, 0.717) is 6.04 Å². The predicted molar refractivity (Wildman–Crippen MR) is 42.0 cm³/mol. The SMILES string of the molecule is CC1=NNC2CCCC=C12. The Bertz CT molecular complexity index is 203. The van der Waals surface area contributed by atoms with Gasteiger partial charge in [-0.25, -0.2) is 0 Å². The van der Waals surface area contributed by atoms with Gasteiger partial charge in [0.25, 0.3) is 0 Å². The van der Waals surface area contributed by atoms with Crippen molar-refractivity contribution in [3.05, 3.63) is 11.6 Å². The number of hydrogen-bond donors (Lipinski definition) is 1. The predicted octanol–water partition coefficient (Wildman–Crippen LogP) is 1.44. The summed E-state index contributed by atoms with van der Waals surface area (Å²) in [6, 6.07) is 0.550. The highest BCUT2D eigenvalue weighted by molar-refractivity contribution is 6.00. The zero-order chi connectivity index (χ0) is 6.97. The van der Waals surface area contributed by atoms with Crippen molar-refractivity contribution in [2.45, 2.75) is 32.2 Å². The first-order chi connectivity index (χ1) is 4.88. The molecule has 0 aromatic carbocycles. The van der Waals surface area contributed by atoms with Crippen LogP contribution in [-0.2, 0) is 0 Å². The Hall–Kier alpha value is -0.790. The lowest BCUT2D eigenvalue weighted by atomic mass is 9.93. The maximum atomic E-state index is 4.18. The molecule has 2 aliphatic rings. The lowest BCUT2D eigenvalue weighted by molar-refractivity contribution is 0.550. The fourth-order valence-corrected chi connectivity index (χ4v) is 1.65. The van der Waals surface area contributed by atoms with Crippen LogP contribution in [0, 0.1) is 0 Å². The van der Waals surface area contributed by atoms with Crippen LogP contribution in [0.4, 0.5) is 0 Å². The molecule has 0 aromatic heterocycles. The number of fused-ring (bicyclic) bond motifs is 1. The number of allylic oxidation sites excluding steroid dienone is 1. The van der Waals surface area contributed by atoms with Gasteiger partial charge in [-0.15, -0.1) is 0 Å². The van der Waals surface area contributed by atoms with E-state index in [9.17, 15) is 0 Å². The highest BCUT2D eigenvalue weighted by Gasteiger charge is 2.23. The molecule has 2 heteroatoms. The third kappa shape index (κ3) is 0.753. The van der Waals surface area contributed by atoms with Gasteiger partial charge in [-0.2, -0.15) is 5.10 Å². The zero-order valence-corrected chi connectivity index (χ0v) is 6.22. The van der Waals surface area contributed by atoms with Gasteiger partial charge in [0.15, 0.2) is 0 Å². The topological polar surface area (TPSA) is 24.4 Å². The molecule has 2 rings (SSSR count). The van der Waals surface area contributed by atoms with Crippen molar-refractivity contribution in [3.63, 3.8) is 0 Å². The van der Waals surface area contributed by atoms with Gasteiger partial charge in [0.2, 0.25) is 0 Å². The average Bonchev–Trinajstić information content (AvgIpc) is 2.34. The van der Waals surface area contributed by atoms with Gasteiger partial charge in [0.05, 0.1) is 11.8 Å². The largest absolute Gasteiger partial charge is 0.302 e. The molecule has 0 spiro atoms. The van der Waals surface area contributed by atoms with Gasteiger partial charge in [-0.1, -0.05) is 6.08 Å². The van der Waals surface area contributed by atoms with Crippen LogP contribution in [0.25, 0.3) is 0 Å². The van der Waals surface area contributed by atoms with Gasteiger partial charge >= 0.3 is 0 Å². The number of nitrogens with zero attached hydrogens (tertiary/aromatic N) is 1. The van der Waals surface area contributed by atoms with E-state index in [1.807, 2.05) is 0 Å². The fourth-order valence-electron chi connectivity index (χ4n) is 1.65. The smallest absolute Gasteiger partial charge is 0.0704 e. The minimum Gasteiger partial charge on any atom is -0.302 e. The summed E-state index contributed by atoms with van der Waals surface area (Å²) in [6.45, 7) is 2.07. The van der Waals surface area contributed by atoms with Gasteiger partial charge in [0, 0.05) is 0 Å². The Morgan fingerprint density at radius 2 is 2.60 bits per heavy atom. The van der Waals surface area contributed by atoms with Crippen LogP contribution in [0.5, 0.6) is 0 Å². The maximum Gasteiger partial charge on any atom is 0.0704 e. The quantitative estimate of drug-likeness (QED) is 0.535. The third-order valence-electron chi connectivity index (χ3n) is 2.24. The fraction of sp³-hybridized carbons (Fsp3) is 0.625. The van der Waals surface area contributed by atoms with Crippen molar-refractivity contribution in [1.29, 1.82) is 0 Å². The minimum absolute atomic E-state index is 0.550. The van der Waals surface area contributed by atoms with Crippen molar-refractivity contribution in [2.24, 2.45) is 5.10 Å². The van der Waals surface area contributed by atoms with Crippen LogP contribution >= 0.6 is 0 Å².